The quantitative estimate of drug-likeness (QED) is 0.821. The van der Waals surface area contributed by atoms with Gasteiger partial charge in [0.15, 0.2) is 0 Å². The van der Waals surface area contributed by atoms with Crippen LogP contribution in [0.4, 0.5) is 0 Å². The molecule has 0 bridgehead atoms. The van der Waals surface area contributed by atoms with Gasteiger partial charge in [-0.25, -0.2) is 8.42 Å². The lowest BCUT2D eigenvalue weighted by Gasteiger charge is -2.19. The number of ether oxygens (including phenoxy) is 1. The van der Waals surface area contributed by atoms with Crippen LogP contribution < -0.4 is 4.74 Å². The zero-order valence-electron chi connectivity index (χ0n) is 14.3. The summed E-state index contributed by atoms with van der Waals surface area (Å²) in [6.07, 6.45) is 0.0578. The smallest absolute Gasteiger partial charge is 0.206 e. The standard InChI is InChI=1S/C19H24O3S/c1-14(2)22-16-8-12-18(13-9-16)23(20,21)17-10-6-15(7-11-17)19(3,4)5/h6-14H,1-5H3. The fourth-order valence-electron chi connectivity index (χ4n) is 2.24. The molecule has 2 aromatic carbocycles. The summed E-state index contributed by atoms with van der Waals surface area (Å²) in [6, 6.07) is 13.7. The van der Waals surface area contributed by atoms with Gasteiger partial charge in [0.2, 0.25) is 9.84 Å². The zero-order chi connectivity index (χ0) is 17.3. The molecule has 2 aromatic rings. The third-order valence-electron chi connectivity index (χ3n) is 3.54. The molecule has 23 heavy (non-hydrogen) atoms. The number of benzene rings is 2. The van der Waals surface area contributed by atoms with Gasteiger partial charge in [-0.1, -0.05) is 32.9 Å². The Bertz CT molecular complexity index is 750. The predicted octanol–water partition coefficient (Wildman–Crippen LogP) is 4.60. The van der Waals surface area contributed by atoms with E-state index in [0.29, 0.717) is 10.6 Å². The third kappa shape index (κ3) is 4.14. The van der Waals surface area contributed by atoms with E-state index in [1.165, 1.54) is 0 Å². The van der Waals surface area contributed by atoms with Gasteiger partial charge >= 0.3 is 0 Å². The highest BCUT2D eigenvalue weighted by Crippen LogP contribution is 2.27. The summed E-state index contributed by atoms with van der Waals surface area (Å²) in [5, 5.41) is 0. The van der Waals surface area contributed by atoms with Gasteiger partial charge in [0.25, 0.3) is 0 Å². The summed E-state index contributed by atoms with van der Waals surface area (Å²) in [6.45, 7) is 10.2. The Kier molecular flexibility index (Phi) is 4.85. The fourth-order valence-corrected chi connectivity index (χ4v) is 3.50. The first kappa shape index (κ1) is 17.5. The highest BCUT2D eigenvalue weighted by Gasteiger charge is 2.19. The maximum atomic E-state index is 12.7. The molecule has 0 radical (unpaired) electrons. The van der Waals surface area contributed by atoms with Crippen LogP contribution in [0.5, 0.6) is 5.75 Å². The summed E-state index contributed by atoms with van der Waals surface area (Å²) in [7, 11) is -3.50. The van der Waals surface area contributed by atoms with Crippen LogP contribution in [-0.4, -0.2) is 14.5 Å². The topological polar surface area (TPSA) is 43.4 Å². The van der Waals surface area contributed by atoms with E-state index in [1.54, 1.807) is 36.4 Å². The van der Waals surface area contributed by atoms with Crippen molar-refractivity contribution in [1.82, 2.24) is 0 Å². The molecule has 0 unspecified atom stereocenters. The zero-order valence-corrected chi connectivity index (χ0v) is 15.1. The minimum atomic E-state index is -3.50. The molecule has 2 rings (SSSR count). The SMILES string of the molecule is CC(C)Oc1ccc(S(=O)(=O)c2ccc(C(C)(C)C)cc2)cc1. The van der Waals surface area contributed by atoms with Crippen molar-refractivity contribution in [2.45, 2.75) is 55.9 Å². The minimum absolute atomic E-state index is 0.00186. The maximum absolute atomic E-state index is 12.7. The molecule has 0 saturated carbocycles. The predicted molar refractivity (Wildman–Crippen MR) is 92.8 cm³/mol. The van der Waals surface area contributed by atoms with Crippen molar-refractivity contribution >= 4 is 9.84 Å². The summed E-state index contributed by atoms with van der Waals surface area (Å²) in [4.78, 5) is 0.583. The van der Waals surface area contributed by atoms with Crippen molar-refractivity contribution in [3.63, 3.8) is 0 Å². The largest absolute Gasteiger partial charge is 0.491 e. The van der Waals surface area contributed by atoms with Crippen LogP contribution in [0.3, 0.4) is 0 Å². The molecular weight excluding hydrogens is 308 g/mol. The maximum Gasteiger partial charge on any atom is 0.206 e. The Morgan fingerprint density at radius 2 is 1.26 bits per heavy atom. The molecule has 0 aromatic heterocycles. The summed E-state index contributed by atoms with van der Waals surface area (Å²) in [5.74, 6) is 0.669. The van der Waals surface area contributed by atoms with Crippen LogP contribution in [0, 0.1) is 0 Å². The number of hydrogen-bond acceptors (Lipinski definition) is 3. The van der Waals surface area contributed by atoms with Crippen LogP contribution in [0.2, 0.25) is 0 Å². The second kappa shape index (κ2) is 6.36. The van der Waals surface area contributed by atoms with E-state index >= 15 is 0 Å². The van der Waals surface area contributed by atoms with Gasteiger partial charge in [-0.15, -0.1) is 0 Å². The van der Waals surface area contributed by atoms with E-state index < -0.39 is 9.84 Å². The van der Waals surface area contributed by atoms with E-state index in [2.05, 4.69) is 20.8 Å². The van der Waals surface area contributed by atoms with Gasteiger partial charge in [-0.2, -0.15) is 0 Å². The Morgan fingerprint density at radius 1 is 0.826 bits per heavy atom. The molecule has 4 heteroatoms. The van der Waals surface area contributed by atoms with Crippen molar-refractivity contribution in [3.05, 3.63) is 54.1 Å². The second-order valence-electron chi connectivity index (χ2n) is 6.92. The van der Waals surface area contributed by atoms with Crippen LogP contribution in [0.1, 0.15) is 40.2 Å². The first-order chi connectivity index (χ1) is 10.6. The lowest BCUT2D eigenvalue weighted by Crippen LogP contribution is -2.11. The van der Waals surface area contributed by atoms with Gasteiger partial charge in [-0.3, -0.25) is 0 Å². The molecule has 0 atom stereocenters. The summed E-state index contributed by atoms with van der Waals surface area (Å²) >= 11 is 0. The molecule has 0 aliphatic heterocycles. The Hall–Kier alpha value is -1.81. The summed E-state index contributed by atoms with van der Waals surface area (Å²) < 4.78 is 30.9. The molecular formula is C19H24O3S. The van der Waals surface area contributed by atoms with E-state index in [1.807, 2.05) is 26.0 Å². The number of hydrogen-bond donors (Lipinski definition) is 0. The van der Waals surface area contributed by atoms with Crippen molar-refractivity contribution in [3.8, 4) is 5.75 Å². The minimum Gasteiger partial charge on any atom is -0.491 e. The first-order valence-corrected chi connectivity index (χ1v) is 9.21. The molecule has 0 fully saturated rings. The molecule has 0 saturated heterocycles. The number of sulfone groups is 1. The molecule has 0 spiro atoms. The lowest BCUT2D eigenvalue weighted by molar-refractivity contribution is 0.242. The van der Waals surface area contributed by atoms with Crippen LogP contribution in [0.25, 0.3) is 0 Å². The highest BCUT2D eigenvalue weighted by molar-refractivity contribution is 7.91. The average Bonchev–Trinajstić information content (AvgIpc) is 2.46. The Labute approximate surface area is 139 Å². The first-order valence-electron chi connectivity index (χ1n) is 7.73. The van der Waals surface area contributed by atoms with Crippen molar-refractivity contribution < 1.29 is 13.2 Å². The molecule has 0 aliphatic rings. The molecule has 3 nitrogen and oxygen atoms in total. The van der Waals surface area contributed by atoms with Crippen LogP contribution in [0.15, 0.2) is 58.3 Å². The van der Waals surface area contributed by atoms with Gasteiger partial charge < -0.3 is 4.74 Å². The van der Waals surface area contributed by atoms with Crippen molar-refractivity contribution in [2.24, 2.45) is 0 Å². The normalized spacial score (nSPS) is 12.4. The fraction of sp³-hybridized carbons (Fsp3) is 0.368. The van der Waals surface area contributed by atoms with Crippen LogP contribution in [-0.2, 0) is 15.3 Å². The lowest BCUT2D eigenvalue weighted by atomic mass is 9.87. The van der Waals surface area contributed by atoms with Gasteiger partial charge in [0, 0.05) is 0 Å². The molecule has 0 aliphatic carbocycles. The molecule has 0 amide bonds. The van der Waals surface area contributed by atoms with Gasteiger partial charge in [0.05, 0.1) is 15.9 Å². The number of rotatable bonds is 4. The monoisotopic (exact) mass is 332 g/mol. The van der Waals surface area contributed by atoms with Gasteiger partial charge in [-0.05, 0) is 61.2 Å². The van der Waals surface area contributed by atoms with Crippen molar-refractivity contribution in [2.75, 3.05) is 0 Å². The Balaban J connectivity index is 2.31. The van der Waals surface area contributed by atoms with Crippen LogP contribution >= 0.6 is 0 Å². The Morgan fingerprint density at radius 3 is 1.65 bits per heavy atom. The van der Waals surface area contributed by atoms with E-state index in [4.69, 9.17) is 4.74 Å². The molecule has 0 heterocycles. The van der Waals surface area contributed by atoms with E-state index in [0.717, 1.165) is 5.56 Å². The molecule has 0 N–H and O–H groups in total. The average molecular weight is 332 g/mol. The van der Waals surface area contributed by atoms with E-state index in [-0.39, 0.29) is 16.4 Å². The summed E-state index contributed by atoms with van der Waals surface area (Å²) in [5.41, 5.74) is 1.11. The van der Waals surface area contributed by atoms with Gasteiger partial charge in [0.1, 0.15) is 5.75 Å². The van der Waals surface area contributed by atoms with Crippen molar-refractivity contribution in [1.29, 1.82) is 0 Å². The second-order valence-corrected chi connectivity index (χ2v) is 8.87. The molecule has 124 valence electrons. The van der Waals surface area contributed by atoms with E-state index in [9.17, 15) is 8.42 Å². The third-order valence-corrected chi connectivity index (χ3v) is 5.32. The highest BCUT2D eigenvalue weighted by atomic mass is 32.2.